The Hall–Kier alpha value is -2.05. The predicted molar refractivity (Wildman–Crippen MR) is 114 cm³/mol. The molecule has 0 unspecified atom stereocenters. The number of nitrogens with one attached hydrogen (secondary N) is 1. The molecular formula is C22H27FN2O2S. The molecule has 0 aliphatic carbocycles. The molecule has 0 radical (unpaired) electrons. The lowest BCUT2D eigenvalue weighted by atomic mass is 9.87. The average Bonchev–Trinajstić information content (AvgIpc) is 2.67. The number of benzene rings is 2. The summed E-state index contributed by atoms with van der Waals surface area (Å²) in [6.07, 6.45) is 0. The van der Waals surface area contributed by atoms with E-state index in [1.165, 1.54) is 23.4 Å². The molecule has 3 rings (SSSR count). The molecule has 0 spiro atoms. The van der Waals surface area contributed by atoms with Crippen molar-refractivity contribution in [2.45, 2.75) is 31.1 Å². The standard InChI is InChI=1S/C22H27FN2O2S/c1-22(2,3)16-4-7-18(8-5-16)28-15-21(26)24-17-6-9-20(19(23)14-17)25-10-12-27-13-11-25/h4-9,14H,10-13,15H2,1-3H3,(H,24,26). The van der Waals surface area contributed by atoms with Gasteiger partial charge in [-0.2, -0.15) is 0 Å². The highest BCUT2D eigenvalue weighted by molar-refractivity contribution is 8.00. The molecule has 28 heavy (non-hydrogen) atoms. The minimum atomic E-state index is -0.329. The molecule has 1 fully saturated rings. The van der Waals surface area contributed by atoms with Crippen LogP contribution in [0.15, 0.2) is 47.4 Å². The summed E-state index contributed by atoms with van der Waals surface area (Å²) in [6.45, 7) is 9.07. The fourth-order valence-electron chi connectivity index (χ4n) is 3.04. The van der Waals surface area contributed by atoms with Crippen molar-refractivity contribution in [3.05, 3.63) is 53.8 Å². The van der Waals surface area contributed by atoms with Crippen molar-refractivity contribution < 1.29 is 13.9 Å². The van der Waals surface area contributed by atoms with E-state index in [0.29, 0.717) is 37.7 Å². The molecule has 150 valence electrons. The number of carbonyl (C=O) groups is 1. The van der Waals surface area contributed by atoms with E-state index in [1.54, 1.807) is 12.1 Å². The summed E-state index contributed by atoms with van der Waals surface area (Å²) in [5.41, 5.74) is 2.40. The number of anilines is 2. The first-order chi connectivity index (χ1) is 13.3. The van der Waals surface area contributed by atoms with E-state index in [-0.39, 0.29) is 22.9 Å². The van der Waals surface area contributed by atoms with Crippen LogP contribution in [0.1, 0.15) is 26.3 Å². The summed E-state index contributed by atoms with van der Waals surface area (Å²) in [7, 11) is 0. The molecule has 0 bridgehead atoms. The van der Waals surface area contributed by atoms with Gasteiger partial charge in [-0.15, -0.1) is 11.8 Å². The van der Waals surface area contributed by atoms with Gasteiger partial charge < -0.3 is 15.0 Å². The molecule has 1 saturated heterocycles. The smallest absolute Gasteiger partial charge is 0.234 e. The van der Waals surface area contributed by atoms with E-state index in [0.717, 1.165) is 4.90 Å². The highest BCUT2D eigenvalue weighted by atomic mass is 32.2. The largest absolute Gasteiger partial charge is 0.378 e. The van der Waals surface area contributed by atoms with Crippen molar-refractivity contribution in [1.29, 1.82) is 0 Å². The summed E-state index contributed by atoms with van der Waals surface area (Å²) in [4.78, 5) is 15.2. The maximum absolute atomic E-state index is 14.4. The number of ether oxygens (including phenoxy) is 1. The van der Waals surface area contributed by atoms with Crippen molar-refractivity contribution in [2.75, 3.05) is 42.3 Å². The second-order valence-electron chi connectivity index (χ2n) is 7.88. The molecule has 0 aromatic heterocycles. The number of halogens is 1. The molecule has 2 aromatic carbocycles. The summed E-state index contributed by atoms with van der Waals surface area (Å²) in [5.74, 6) is -0.199. The normalized spacial score (nSPS) is 14.8. The van der Waals surface area contributed by atoms with Crippen molar-refractivity contribution in [2.24, 2.45) is 0 Å². The summed E-state index contributed by atoms with van der Waals surface area (Å²) in [6, 6.07) is 13.1. The number of morpholine rings is 1. The molecule has 1 aliphatic heterocycles. The number of hydrogen-bond acceptors (Lipinski definition) is 4. The zero-order valence-corrected chi connectivity index (χ0v) is 17.4. The molecular weight excluding hydrogens is 375 g/mol. The van der Waals surface area contributed by atoms with Crippen molar-refractivity contribution in [3.63, 3.8) is 0 Å². The maximum atomic E-state index is 14.4. The van der Waals surface area contributed by atoms with Crippen LogP contribution in [-0.4, -0.2) is 38.0 Å². The predicted octanol–water partition coefficient (Wildman–Crippen LogP) is 4.69. The van der Waals surface area contributed by atoms with Crippen molar-refractivity contribution in [3.8, 4) is 0 Å². The Kier molecular flexibility index (Phi) is 6.62. The lowest BCUT2D eigenvalue weighted by molar-refractivity contribution is -0.113. The van der Waals surface area contributed by atoms with Crippen molar-refractivity contribution in [1.82, 2.24) is 0 Å². The van der Waals surface area contributed by atoms with E-state index in [4.69, 9.17) is 4.74 Å². The van der Waals surface area contributed by atoms with Crippen LogP contribution < -0.4 is 10.2 Å². The SMILES string of the molecule is CC(C)(C)c1ccc(SCC(=O)Nc2ccc(N3CCOCC3)c(F)c2)cc1. The van der Waals surface area contributed by atoms with Crippen LogP contribution in [0, 0.1) is 5.82 Å². The number of thioether (sulfide) groups is 1. The Morgan fingerprint density at radius 3 is 2.43 bits per heavy atom. The van der Waals surface area contributed by atoms with E-state index in [9.17, 15) is 9.18 Å². The van der Waals surface area contributed by atoms with Crippen LogP contribution in [0.4, 0.5) is 15.8 Å². The van der Waals surface area contributed by atoms with Gasteiger partial charge in [-0.1, -0.05) is 32.9 Å². The molecule has 1 N–H and O–H groups in total. The number of rotatable bonds is 5. The zero-order valence-electron chi connectivity index (χ0n) is 16.6. The third-order valence-electron chi connectivity index (χ3n) is 4.67. The van der Waals surface area contributed by atoms with Crippen LogP contribution in [0.2, 0.25) is 0 Å². The van der Waals surface area contributed by atoms with Gasteiger partial charge in [0.2, 0.25) is 5.91 Å². The Balaban J connectivity index is 1.54. The molecule has 2 aromatic rings. The van der Waals surface area contributed by atoms with E-state index < -0.39 is 0 Å². The molecule has 0 atom stereocenters. The van der Waals surface area contributed by atoms with E-state index in [1.807, 2.05) is 17.0 Å². The number of nitrogens with zero attached hydrogens (tertiary/aromatic N) is 1. The molecule has 1 aliphatic rings. The van der Waals surface area contributed by atoms with Crippen LogP contribution in [0.25, 0.3) is 0 Å². The van der Waals surface area contributed by atoms with Crippen LogP contribution in [0.3, 0.4) is 0 Å². The molecule has 1 heterocycles. The molecule has 0 saturated carbocycles. The van der Waals surface area contributed by atoms with Gasteiger partial charge >= 0.3 is 0 Å². The molecule has 4 nitrogen and oxygen atoms in total. The van der Waals surface area contributed by atoms with Gasteiger partial charge in [-0.25, -0.2) is 4.39 Å². The minimum Gasteiger partial charge on any atom is -0.378 e. The van der Waals surface area contributed by atoms with Gasteiger partial charge in [0.05, 0.1) is 24.7 Å². The van der Waals surface area contributed by atoms with Gasteiger partial charge in [0, 0.05) is 23.7 Å². The zero-order chi connectivity index (χ0) is 20.1. The topological polar surface area (TPSA) is 41.6 Å². The second kappa shape index (κ2) is 8.97. The minimum absolute atomic E-state index is 0.109. The maximum Gasteiger partial charge on any atom is 0.234 e. The lowest BCUT2D eigenvalue weighted by Crippen LogP contribution is -2.36. The third-order valence-corrected chi connectivity index (χ3v) is 5.69. The monoisotopic (exact) mass is 402 g/mol. The Labute approximate surface area is 170 Å². The van der Waals surface area contributed by atoms with Crippen LogP contribution in [0.5, 0.6) is 0 Å². The highest BCUT2D eigenvalue weighted by Crippen LogP contribution is 2.26. The first-order valence-corrected chi connectivity index (χ1v) is 10.5. The van der Waals surface area contributed by atoms with Gasteiger partial charge in [0.15, 0.2) is 0 Å². The van der Waals surface area contributed by atoms with Gasteiger partial charge in [-0.3, -0.25) is 4.79 Å². The van der Waals surface area contributed by atoms with E-state index in [2.05, 4.69) is 38.2 Å². The number of carbonyl (C=O) groups excluding carboxylic acids is 1. The first kappa shape index (κ1) is 20.7. The fraction of sp³-hybridized carbons (Fsp3) is 0.409. The lowest BCUT2D eigenvalue weighted by Gasteiger charge is -2.29. The number of hydrogen-bond donors (Lipinski definition) is 1. The quantitative estimate of drug-likeness (QED) is 0.737. The third kappa shape index (κ3) is 5.49. The fourth-order valence-corrected chi connectivity index (χ4v) is 3.74. The van der Waals surface area contributed by atoms with Gasteiger partial charge in [-0.05, 0) is 41.3 Å². The summed E-state index contributed by atoms with van der Waals surface area (Å²) in [5, 5.41) is 2.78. The second-order valence-corrected chi connectivity index (χ2v) is 8.93. The Bertz CT molecular complexity index is 812. The average molecular weight is 403 g/mol. The van der Waals surface area contributed by atoms with Gasteiger partial charge in [0.25, 0.3) is 0 Å². The van der Waals surface area contributed by atoms with Crippen LogP contribution >= 0.6 is 11.8 Å². The number of amides is 1. The molecule has 1 amide bonds. The van der Waals surface area contributed by atoms with Crippen LogP contribution in [-0.2, 0) is 14.9 Å². The Morgan fingerprint density at radius 1 is 1.14 bits per heavy atom. The summed E-state index contributed by atoms with van der Waals surface area (Å²) < 4.78 is 19.7. The first-order valence-electron chi connectivity index (χ1n) is 9.48. The molecule has 6 heteroatoms. The van der Waals surface area contributed by atoms with E-state index >= 15 is 0 Å². The summed E-state index contributed by atoms with van der Waals surface area (Å²) >= 11 is 1.47. The van der Waals surface area contributed by atoms with Gasteiger partial charge in [0.1, 0.15) is 5.82 Å². The van der Waals surface area contributed by atoms with Crippen molar-refractivity contribution >= 4 is 29.0 Å². The Morgan fingerprint density at radius 2 is 1.82 bits per heavy atom. The highest BCUT2D eigenvalue weighted by Gasteiger charge is 2.16.